The minimum atomic E-state index is 0.506. The SMILES string of the molecule is CCNC1CCN([C@@H]2Cc3ccccc3Sc3ccccc32)C1. The maximum atomic E-state index is 3.63. The number of nitrogens with one attached hydrogen (secondary N) is 1. The predicted molar refractivity (Wildman–Crippen MR) is 97.1 cm³/mol. The minimum Gasteiger partial charge on any atom is -0.313 e. The van der Waals surface area contributed by atoms with E-state index in [1.54, 1.807) is 0 Å². The zero-order valence-corrected chi connectivity index (χ0v) is 14.5. The fraction of sp³-hybridized carbons (Fsp3) is 0.400. The van der Waals surface area contributed by atoms with Crippen LogP contribution in [-0.4, -0.2) is 30.6 Å². The molecular weight excluding hydrogens is 300 g/mol. The zero-order chi connectivity index (χ0) is 15.6. The van der Waals surface area contributed by atoms with E-state index in [1.165, 1.54) is 40.4 Å². The molecule has 0 aromatic heterocycles. The van der Waals surface area contributed by atoms with Crippen LogP contribution in [0.2, 0.25) is 0 Å². The molecule has 2 heterocycles. The molecule has 2 atom stereocenters. The van der Waals surface area contributed by atoms with Gasteiger partial charge in [0, 0.05) is 35.0 Å². The van der Waals surface area contributed by atoms with Gasteiger partial charge in [0.05, 0.1) is 0 Å². The second-order valence-corrected chi connectivity index (χ2v) is 7.59. The van der Waals surface area contributed by atoms with Crippen molar-refractivity contribution in [2.24, 2.45) is 0 Å². The van der Waals surface area contributed by atoms with Gasteiger partial charge < -0.3 is 5.32 Å². The van der Waals surface area contributed by atoms with Gasteiger partial charge in [-0.3, -0.25) is 4.90 Å². The first-order valence-corrected chi connectivity index (χ1v) is 9.49. The average Bonchev–Trinajstić information content (AvgIpc) is 2.96. The Morgan fingerprint density at radius 3 is 2.74 bits per heavy atom. The van der Waals surface area contributed by atoms with Crippen LogP contribution >= 0.6 is 11.8 Å². The normalized spacial score (nSPS) is 24.0. The number of hydrogen-bond donors (Lipinski definition) is 1. The Kier molecular flexibility index (Phi) is 4.43. The quantitative estimate of drug-likeness (QED) is 0.914. The summed E-state index contributed by atoms with van der Waals surface area (Å²) in [7, 11) is 0. The molecule has 2 aliphatic rings. The Hall–Kier alpha value is -1.29. The standard InChI is InChI=1S/C20H24N2S/c1-2-21-16-11-12-22(14-16)18-13-15-7-3-5-9-19(15)23-20-10-6-4-8-17(18)20/h3-10,16,18,21H,2,11-14H2,1H3/t16?,18-/m1/s1. The summed E-state index contributed by atoms with van der Waals surface area (Å²) >= 11 is 1.93. The van der Waals surface area contributed by atoms with Gasteiger partial charge in [0.1, 0.15) is 0 Å². The lowest BCUT2D eigenvalue weighted by atomic mass is 9.97. The topological polar surface area (TPSA) is 15.3 Å². The summed E-state index contributed by atoms with van der Waals surface area (Å²) in [6, 6.07) is 19.0. The third-order valence-electron chi connectivity index (χ3n) is 5.04. The second kappa shape index (κ2) is 6.68. The van der Waals surface area contributed by atoms with Crippen molar-refractivity contribution >= 4 is 11.8 Å². The summed E-state index contributed by atoms with van der Waals surface area (Å²) in [5.41, 5.74) is 3.00. The molecule has 2 aromatic rings. The maximum absolute atomic E-state index is 3.63. The fourth-order valence-electron chi connectivity index (χ4n) is 3.91. The van der Waals surface area contributed by atoms with Crippen molar-refractivity contribution in [3.63, 3.8) is 0 Å². The third kappa shape index (κ3) is 3.06. The molecular formula is C20H24N2S. The van der Waals surface area contributed by atoms with Crippen LogP contribution < -0.4 is 5.32 Å². The lowest BCUT2D eigenvalue weighted by Crippen LogP contribution is -2.34. The molecule has 1 N–H and O–H groups in total. The summed E-state index contributed by atoms with van der Waals surface area (Å²) in [6.07, 6.45) is 2.39. The predicted octanol–water partition coefficient (Wildman–Crippen LogP) is 4.12. The maximum Gasteiger partial charge on any atom is 0.0400 e. The molecule has 2 aliphatic heterocycles. The van der Waals surface area contributed by atoms with Crippen LogP contribution in [0.25, 0.3) is 0 Å². The lowest BCUT2D eigenvalue weighted by Gasteiger charge is -2.28. The summed E-state index contributed by atoms with van der Waals surface area (Å²) in [4.78, 5) is 5.54. The van der Waals surface area contributed by atoms with Gasteiger partial charge in [0.15, 0.2) is 0 Å². The van der Waals surface area contributed by atoms with Crippen molar-refractivity contribution in [2.45, 2.75) is 41.6 Å². The Labute approximate surface area is 143 Å². The van der Waals surface area contributed by atoms with Crippen molar-refractivity contribution in [1.82, 2.24) is 10.2 Å². The zero-order valence-electron chi connectivity index (χ0n) is 13.7. The summed E-state index contributed by atoms with van der Waals surface area (Å²) < 4.78 is 0. The third-order valence-corrected chi connectivity index (χ3v) is 6.25. The molecule has 120 valence electrons. The summed E-state index contributed by atoms with van der Waals surface area (Å²) in [6.45, 7) is 5.64. The first-order chi connectivity index (χ1) is 11.3. The van der Waals surface area contributed by atoms with Gasteiger partial charge in [-0.2, -0.15) is 0 Å². The average molecular weight is 324 g/mol. The van der Waals surface area contributed by atoms with E-state index in [0.29, 0.717) is 12.1 Å². The van der Waals surface area contributed by atoms with E-state index in [-0.39, 0.29) is 0 Å². The highest BCUT2D eigenvalue weighted by Gasteiger charge is 2.32. The number of likely N-dealkylation sites (tertiary alicyclic amines) is 1. The van der Waals surface area contributed by atoms with Gasteiger partial charge in [0.25, 0.3) is 0 Å². The molecule has 1 saturated heterocycles. The number of nitrogens with zero attached hydrogens (tertiary/aromatic N) is 1. The first-order valence-electron chi connectivity index (χ1n) is 8.67. The van der Waals surface area contributed by atoms with Gasteiger partial charge in [-0.15, -0.1) is 0 Å². The molecule has 23 heavy (non-hydrogen) atoms. The minimum absolute atomic E-state index is 0.506. The molecule has 0 aliphatic carbocycles. The van der Waals surface area contributed by atoms with Crippen molar-refractivity contribution in [2.75, 3.05) is 19.6 Å². The largest absolute Gasteiger partial charge is 0.313 e. The molecule has 0 saturated carbocycles. The summed E-state index contributed by atoms with van der Waals surface area (Å²) in [5, 5.41) is 3.63. The van der Waals surface area contributed by atoms with Crippen LogP contribution in [-0.2, 0) is 6.42 Å². The molecule has 0 spiro atoms. The molecule has 1 unspecified atom stereocenters. The van der Waals surface area contributed by atoms with Gasteiger partial charge in [-0.1, -0.05) is 55.1 Å². The van der Waals surface area contributed by atoms with Crippen molar-refractivity contribution in [3.05, 3.63) is 59.7 Å². The molecule has 4 rings (SSSR count). The molecule has 3 heteroatoms. The van der Waals surface area contributed by atoms with E-state index < -0.39 is 0 Å². The number of benzene rings is 2. The smallest absolute Gasteiger partial charge is 0.0400 e. The molecule has 2 aromatic carbocycles. The Bertz CT molecular complexity index is 685. The Morgan fingerprint density at radius 2 is 1.87 bits per heavy atom. The molecule has 1 fully saturated rings. The van der Waals surface area contributed by atoms with Crippen molar-refractivity contribution in [3.8, 4) is 0 Å². The van der Waals surface area contributed by atoms with Crippen LogP contribution in [0.1, 0.15) is 30.5 Å². The van der Waals surface area contributed by atoms with E-state index in [2.05, 4.69) is 65.7 Å². The fourth-order valence-corrected chi connectivity index (χ4v) is 5.04. The van der Waals surface area contributed by atoms with Crippen LogP contribution in [0.15, 0.2) is 58.3 Å². The van der Waals surface area contributed by atoms with E-state index in [9.17, 15) is 0 Å². The van der Waals surface area contributed by atoms with Crippen LogP contribution in [0.4, 0.5) is 0 Å². The van der Waals surface area contributed by atoms with Crippen molar-refractivity contribution in [1.29, 1.82) is 0 Å². The van der Waals surface area contributed by atoms with Gasteiger partial charge >= 0.3 is 0 Å². The highest BCUT2D eigenvalue weighted by Crippen LogP contribution is 2.43. The molecule has 0 amide bonds. The van der Waals surface area contributed by atoms with Crippen molar-refractivity contribution < 1.29 is 0 Å². The highest BCUT2D eigenvalue weighted by atomic mass is 32.2. The number of hydrogen-bond acceptors (Lipinski definition) is 3. The first kappa shape index (κ1) is 15.3. The second-order valence-electron chi connectivity index (χ2n) is 6.51. The van der Waals surface area contributed by atoms with Crippen LogP contribution in [0.3, 0.4) is 0 Å². The van der Waals surface area contributed by atoms with E-state index in [1.807, 2.05) is 11.8 Å². The van der Waals surface area contributed by atoms with E-state index in [0.717, 1.165) is 13.0 Å². The lowest BCUT2D eigenvalue weighted by molar-refractivity contribution is 0.235. The molecule has 0 bridgehead atoms. The monoisotopic (exact) mass is 324 g/mol. The van der Waals surface area contributed by atoms with E-state index in [4.69, 9.17) is 0 Å². The highest BCUT2D eigenvalue weighted by molar-refractivity contribution is 7.99. The number of likely N-dealkylation sites (N-methyl/N-ethyl adjacent to an activating group) is 1. The van der Waals surface area contributed by atoms with Gasteiger partial charge in [-0.05, 0) is 42.6 Å². The molecule has 2 nitrogen and oxygen atoms in total. The number of rotatable bonds is 3. The van der Waals surface area contributed by atoms with Gasteiger partial charge in [-0.25, -0.2) is 0 Å². The Balaban J connectivity index is 1.68. The Morgan fingerprint density at radius 1 is 1.09 bits per heavy atom. The van der Waals surface area contributed by atoms with E-state index >= 15 is 0 Å². The van der Waals surface area contributed by atoms with Crippen LogP contribution in [0, 0.1) is 0 Å². The van der Waals surface area contributed by atoms with Gasteiger partial charge in [0.2, 0.25) is 0 Å². The van der Waals surface area contributed by atoms with Crippen LogP contribution in [0.5, 0.6) is 0 Å². The number of fused-ring (bicyclic) bond motifs is 2. The summed E-state index contributed by atoms with van der Waals surface area (Å²) in [5.74, 6) is 0. The molecule has 0 radical (unpaired) electrons.